The number of nitrogens with one attached hydrogen (secondary N) is 1. The van der Waals surface area contributed by atoms with Crippen molar-refractivity contribution in [2.45, 2.75) is 72.3 Å². The minimum atomic E-state index is -0.657. The lowest BCUT2D eigenvalue weighted by atomic mass is 9.97. The van der Waals surface area contributed by atoms with Gasteiger partial charge >= 0.3 is 6.09 Å². The number of hydrogen-bond donors (Lipinski definition) is 1. The zero-order valence-corrected chi connectivity index (χ0v) is 22.4. The molecular weight excluding hydrogens is 466 g/mol. The standard InChI is InChI=1S/C30H37N3O4/c1-5-36-19-21-14-23-17-31-28(34)27(23)24(15-21)26-16-22-13-20(18-32-11-7-6-8-12-32)9-10-25(22)33(26)29(35)37-30(2,3)4/h9-10,13-16H,5-8,11-12,17-19H2,1-4H3,(H,31,34). The van der Waals surface area contributed by atoms with Crippen molar-refractivity contribution < 1.29 is 19.1 Å². The highest BCUT2D eigenvalue weighted by atomic mass is 16.6. The highest BCUT2D eigenvalue weighted by molar-refractivity contribution is 6.07. The molecule has 196 valence electrons. The molecule has 1 fully saturated rings. The van der Waals surface area contributed by atoms with Crippen LogP contribution in [0.1, 0.15) is 74.0 Å². The third-order valence-electron chi connectivity index (χ3n) is 6.99. The van der Waals surface area contributed by atoms with Crippen LogP contribution in [0, 0.1) is 0 Å². The van der Waals surface area contributed by atoms with Crippen molar-refractivity contribution >= 4 is 22.9 Å². The predicted molar refractivity (Wildman–Crippen MR) is 145 cm³/mol. The highest BCUT2D eigenvalue weighted by Gasteiger charge is 2.29. The van der Waals surface area contributed by atoms with Crippen molar-refractivity contribution in [3.63, 3.8) is 0 Å². The van der Waals surface area contributed by atoms with Crippen LogP contribution in [0.4, 0.5) is 4.79 Å². The van der Waals surface area contributed by atoms with Crippen molar-refractivity contribution in [3.05, 3.63) is 58.7 Å². The van der Waals surface area contributed by atoms with Crippen LogP contribution < -0.4 is 5.32 Å². The lowest BCUT2D eigenvalue weighted by Crippen LogP contribution is -2.29. The van der Waals surface area contributed by atoms with Gasteiger partial charge in [0.25, 0.3) is 5.91 Å². The van der Waals surface area contributed by atoms with Crippen LogP contribution in [-0.2, 0) is 29.2 Å². The molecule has 7 heteroatoms. The Morgan fingerprint density at radius 2 is 1.81 bits per heavy atom. The number of likely N-dealkylation sites (tertiary alicyclic amines) is 1. The largest absolute Gasteiger partial charge is 0.443 e. The van der Waals surface area contributed by atoms with Gasteiger partial charge in [0.2, 0.25) is 0 Å². The molecule has 0 atom stereocenters. The van der Waals surface area contributed by atoms with Gasteiger partial charge in [-0.1, -0.05) is 18.6 Å². The smallest absolute Gasteiger partial charge is 0.419 e. The maximum absolute atomic E-state index is 13.6. The number of nitrogens with zero attached hydrogens (tertiary/aromatic N) is 2. The highest BCUT2D eigenvalue weighted by Crippen LogP contribution is 2.36. The summed E-state index contributed by atoms with van der Waals surface area (Å²) in [5, 5.41) is 3.90. The first kappa shape index (κ1) is 25.5. The molecular formula is C30H37N3O4. The Labute approximate surface area is 218 Å². The van der Waals surface area contributed by atoms with Gasteiger partial charge in [-0.15, -0.1) is 0 Å². The second-order valence-corrected chi connectivity index (χ2v) is 11.1. The Morgan fingerprint density at radius 1 is 1.03 bits per heavy atom. The first-order valence-corrected chi connectivity index (χ1v) is 13.4. The van der Waals surface area contributed by atoms with Crippen molar-refractivity contribution in [3.8, 4) is 11.3 Å². The summed E-state index contributed by atoms with van der Waals surface area (Å²) in [6.07, 6.45) is 3.33. The number of piperidine rings is 1. The van der Waals surface area contributed by atoms with Gasteiger partial charge in [0, 0.05) is 30.6 Å². The molecule has 0 spiro atoms. The number of carbonyl (C=O) groups is 2. The van der Waals surface area contributed by atoms with Crippen LogP contribution >= 0.6 is 0 Å². The number of ether oxygens (including phenoxy) is 2. The first-order valence-electron chi connectivity index (χ1n) is 13.4. The molecule has 1 aromatic heterocycles. The number of rotatable bonds is 6. The Bertz CT molecular complexity index is 1330. The average molecular weight is 504 g/mol. The van der Waals surface area contributed by atoms with Crippen molar-refractivity contribution in [1.82, 2.24) is 14.8 Å². The quantitative estimate of drug-likeness (QED) is 0.456. The van der Waals surface area contributed by atoms with Gasteiger partial charge < -0.3 is 14.8 Å². The van der Waals surface area contributed by atoms with E-state index in [1.54, 1.807) is 4.57 Å². The first-order chi connectivity index (χ1) is 17.7. The molecule has 0 unspecified atom stereocenters. The van der Waals surface area contributed by atoms with E-state index in [1.807, 2.05) is 52.0 Å². The molecule has 2 aliphatic heterocycles. The molecule has 5 rings (SSSR count). The number of aromatic nitrogens is 1. The van der Waals surface area contributed by atoms with E-state index < -0.39 is 11.7 Å². The molecule has 0 saturated carbocycles. The van der Waals surface area contributed by atoms with Crippen LogP contribution in [0.3, 0.4) is 0 Å². The zero-order valence-electron chi connectivity index (χ0n) is 22.4. The second-order valence-electron chi connectivity index (χ2n) is 11.1. The summed E-state index contributed by atoms with van der Waals surface area (Å²) in [4.78, 5) is 29.0. The minimum Gasteiger partial charge on any atom is -0.443 e. The summed E-state index contributed by atoms with van der Waals surface area (Å²) in [6.45, 7) is 12.2. The molecule has 1 saturated heterocycles. The summed E-state index contributed by atoms with van der Waals surface area (Å²) in [7, 11) is 0. The molecule has 1 amide bonds. The van der Waals surface area contributed by atoms with E-state index in [2.05, 4.69) is 22.3 Å². The molecule has 3 aromatic rings. The summed E-state index contributed by atoms with van der Waals surface area (Å²) in [5.74, 6) is -0.125. The van der Waals surface area contributed by atoms with Crippen LogP contribution in [-0.4, -0.2) is 46.8 Å². The topological polar surface area (TPSA) is 72.8 Å². The minimum absolute atomic E-state index is 0.125. The molecule has 2 aliphatic rings. The van der Waals surface area contributed by atoms with Gasteiger partial charge in [0.15, 0.2) is 0 Å². The predicted octanol–water partition coefficient (Wildman–Crippen LogP) is 5.86. The Balaban J connectivity index is 1.65. The number of fused-ring (bicyclic) bond motifs is 2. The summed E-state index contributed by atoms with van der Waals surface area (Å²) < 4.78 is 13.1. The Hall–Kier alpha value is -3.16. The van der Waals surface area contributed by atoms with Gasteiger partial charge in [0.1, 0.15) is 5.60 Å². The fourth-order valence-corrected chi connectivity index (χ4v) is 5.39. The Kier molecular flexibility index (Phi) is 7.10. The fraction of sp³-hybridized carbons (Fsp3) is 0.467. The second kappa shape index (κ2) is 10.3. The maximum atomic E-state index is 13.6. The van der Waals surface area contributed by atoms with Gasteiger partial charge in [0.05, 0.1) is 23.4 Å². The van der Waals surface area contributed by atoms with Crippen molar-refractivity contribution in [1.29, 1.82) is 0 Å². The van der Waals surface area contributed by atoms with Gasteiger partial charge in [-0.2, -0.15) is 0 Å². The molecule has 1 N–H and O–H groups in total. The number of benzene rings is 2. The number of hydrogen-bond acceptors (Lipinski definition) is 5. The maximum Gasteiger partial charge on any atom is 0.419 e. The van der Waals surface area contributed by atoms with E-state index in [4.69, 9.17) is 9.47 Å². The van der Waals surface area contributed by atoms with Crippen LogP contribution in [0.5, 0.6) is 0 Å². The molecule has 0 radical (unpaired) electrons. The van der Waals surface area contributed by atoms with E-state index in [0.29, 0.717) is 31.0 Å². The van der Waals surface area contributed by atoms with Crippen LogP contribution in [0.2, 0.25) is 0 Å². The van der Waals surface area contributed by atoms with E-state index >= 15 is 0 Å². The summed E-state index contributed by atoms with van der Waals surface area (Å²) >= 11 is 0. The molecule has 0 bridgehead atoms. The SMILES string of the molecule is CCOCc1cc2c(c(-c3cc4cc(CN5CCCCC5)ccc4n3C(=O)OC(C)(C)C)c1)C(=O)NC2. The van der Waals surface area contributed by atoms with E-state index in [9.17, 15) is 9.59 Å². The molecule has 0 aliphatic carbocycles. The molecule has 3 heterocycles. The van der Waals surface area contributed by atoms with Crippen molar-refractivity contribution in [2.75, 3.05) is 19.7 Å². The van der Waals surface area contributed by atoms with E-state index in [-0.39, 0.29) is 5.91 Å². The van der Waals surface area contributed by atoms with Gasteiger partial charge in [-0.25, -0.2) is 9.36 Å². The lowest BCUT2D eigenvalue weighted by molar-refractivity contribution is 0.0547. The van der Waals surface area contributed by atoms with Crippen molar-refractivity contribution in [2.24, 2.45) is 0 Å². The molecule has 2 aromatic carbocycles. The number of carbonyl (C=O) groups excluding carboxylic acids is 2. The summed E-state index contributed by atoms with van der Waals surface area (Å²) in [5.41, 5.74) is 5.22. The molecule has 7 nitrogen and oxygen atoms in total. The van der Waals surface area contributed by atoms with E-state index in [1.165, 1.54) is 24.8 Å². The average Bonchev–Trinajstić information content (AvgIpc) is 3.42. The van der Waals surface area contributed by atoms with E-state index in [0.717, 1.165) is 47.2 Å². The van der Waals surface area contributed by atoms with Gasteiger partial charge in [-0.3, -0.25) is 9.69 Å². The molecule has 37 heavy (non-hydrogen) atoms. The number of amides is 1. The zero-order chi connectivity index (χ0) is 26.2. The normalized spacial score (nSPS) is 16.2. The Morgan fingerprint density at radius 3 is 2.54 bits per heavy atom. The monoisotopic (exact) mass is 503 g/mol. The summed E-state index contributed by atoms with van der Waals surface area (Å²) in [6, 6.07) is 12.3. The third kappa shape index (κ3) is 5.43. The lowest BCUT2D eigenvalue weighted by Gasteiger charge is -2.26. The third-order valence-corrected chi connectivity index (χ3v) is 6.99. The van der Waals surface area contributed by atoms with Crippen LogP contribution in [0.25, 0.3) is 22.2 Å². The fourth-order valence-electron chi connectivity index (χ4n) is 5.39. The van der Waals surface area contributed by atoms with Crippen LogP contribution in [0.15, 0.2) is 36.4 Å². The van der Waals surface area contributed by atoms with Gasteiger partial charge in [-0.05, 0) is 94.6 Å².